The van der Waals surface area contributed by atoms with Gasteiger partial charge in [0.25, 0.3) is 11.8 Å². The van der Waals surface area contributed by atoms with Gasteiger partial charge in [-0.05, 0) is 61.9 Å². The summed E-state index contributed by atoms with van der Waals surface area (Å²) in [5.41, 5.74) is 3.83. The number of hydrogen-bond donors (Lipinski definition) is 1. The van der Waals surface area contributed by atoms with Crippen LogP contribution in [0.2, 0.25) is 0 Å². The smallest absolute Gasteiger partial charge is 0.276 e. The minimum Gasteiger partial charge on any atom is -0.493 e. The number of ether oxygens (including phenoxy) is 2. The van der Waals surface area contributed by atoms with E-state index in [1.54, 1.807) is 36.1 Å². The van der Waals surface area contributed by atoms with Gasteiger partial charge in [-0.3, -0.25) is 19.4 Å². The highest BCUT2D eigenvalue weighted by Gasteiger charge is 2.41. The topological polar surface area (TPSA) is 127 Å². The van der Waals surface area contributed by atoms with Crippen LogP contribution in [0.25, 0.3) is 0 Å². The molecule has 2 bridgehead atoms. The van der Waals surface area contributed by atoms with E-state index in [9.17, 15) is 14.4 Å². The van der Waals surface area contributed by atoms with Crippen molar-refractivity contribution in [2.24, 2.45) is 5.92 Å². The molecule has 11 heteroatoms. The van der Waals surface area contributed by atoms with Crippen molar-refractivity contribution in [2.75, 3.05) is 46.4 Å². The number of aryl methyl sites for hydroxylation is 3. The molecule has 2 aromatic heterocycles. The zero-order valence-electron chi connectivity index (χ0n) is 23.9. The van der Waals surface area contributed by atoms with Crippen LogP contribution in [-0.2, 0) is 17.6 Å². The minimum absolute atomic E-state index is 0.150. The van der Waals surface area contributed by atoms with E-state index in [2.05, 4.69) is 15.5 Å². The van der Waals surface area contributed by atoms with Gasteiger partial charge in [-0.25, -0.2) is 0 Å². The second kappa shape index (κ2) is 11.8. The van der Waals surface area contributed by atoms with Crippen LogP contribution < -0.4 is 14.8 Å². The highest BCUT2D eigenvalue weighted by atomic mass is 16.5. The molecule has 4 heterocycles. The molecule has 0 spiro atoms. The largest absolute Gasteiger partial charge is 0.493 e. The maximum Gasteiger partial charge on any atom is 0.276 e. The van der Waals surface area contributed by atoms with Gasteiger partial charge in [0.2, 0.25) is 5.91 Å². The normalized spacial score (nSPS) is 20.7. The number of amides is 3. The molecule has 1 fully saturated rings. The first-order chi connectivity index (χ1) is 20.4. The third-order valence-electron chi connectivity index (χ3n) is 8.41. The molecular weight excluding hydrogens is 538 g/mol. The highest BCUT2D eigenvalue weighted by molar-refractivity contribution is 5.94. The third kappa shape index (κ3) is 5.55. The van der Waals surface area contributed by atoms with E-state index in [0.717, 1.165) is 42.5 Å². The van der Waals surface area contributed by atoms with E-state index in [0.29, 0.717) is 42.5 Å². The van der Waals surface area contributed by atoms with Gasteiger partial charge in [0.15, 0.2) is 17.2 Å². The summed E-state index contributed by atoms with van der Waals surface area (Å²) in [6.45, 7) is 3.43. The Balaban J connectivity index is 1.26. The number of pyridine rings is 1. The summed E-state index contributed by atoms with van der Waals surface area (Å²) in [4.78, 5) is 48.3. The minimum atomic E-state index is -0.502. The number of rotatable bonds is 3. The molecule has 11 nitrogen and oxygen atoms in total. The molecule has 2 atom stereocenters. The zero-order chi connectivity index (χ0) is 29.2. The van der Waals surface area contributed by atoms with Crippen LogP contribution >= 0.6 is 0 Å². The lowest BCUT2D eigenvalue weighted by atomic mass is 9.88. The van der Waals surface area contributed by atoms with Gasteiger partial charge in [-0.1, -0.05) is 11.2 Å². The molecule has 6 rings (SSSR count). The van der Waals surface area contributed by atoms with Crippen LogP contribution in [0.15, 0.2) is 41.1 Å². The van der Waals surface area contributed by atoms with Gasteiger partial charge < -0.3 is 29.1 Å². The van der Waals surface area contributed by atoms with Gasteiger partial charge >= 0.3 is 0 Å². The Bertz CT molecular complexity index is 1500. The molecule has 1 aromatic carbocycles. The van der Waals surface area contributed by atoms with E-state index in [1.807, 2.05) is 24.3 Å². The molecule has 3 amide bonds. The van der Waals surface area contributed by atoms with E-state index in [-0.39, 0.29) is 49.0 Å². The predicted octanol–water partition coefficient (Wildman–Crippen LogP) is 2.77. The van der Waals surface area contributed by atoms with Gasteiger partial charge in [0, 0.05) is 50.1 Å². The van der Waals surface area contributed by atoms with E-state index in [4.69, 9.17) is 14.0 Å². The third-order valence-corrected chi connectivity index (χ3v) is 8.41. The SMILES string of the molecule is COc1ccc2cc1OCCN(C(=O)c1cnc3c(c1)CCCC3)CCNC(=O)[C@H]1CN(C(=O)c3cc(C)on3)C[C@H]21. The van der Waals surface area contributed by atoms with Crippen LogP contribution in [0.1, 0.15) is 62.2 Å². The van der Waals surface area contributed by atoms with Gasteiger partial charge in [0.1, 0.15) is 12.4 Å². The molecule has 0 saturated carbocycles. The first kappa shape index (κ1) is 27.7. The standard InChI is InChI=1S/C31H35N5O6/c1-19-13-26(34-42-19)31(39)36-17-23-20-7-8-27(40-2)28(15-20)41-12-11-35(10-9-32-29(37)24(23)18-36)30(38)22-14-21-5-3-4-6-25(21)33-16-22/h7-8,13-16,23-24H,3-6,9-12,17-18H2,1-2H3,(H,32,37)/t23-,24+/m1/s1. The molecule has 0 unspecified atom stereocenters. The number of likely N-dealkylation sites (tertiary alicyclic amines) is 1. The number of fused-ring (bicyclic) bond motifs is 5. The number of aromatic nitrogens is 2. The Morgan fingerprint density at radius 3 is 2.67 bits per heavy atom. The predicted molar refractivity (Wildman–Crippen MR) is 152 cm³/mol. The number of nitrogens with zero attached hydrogens (tertiary/aromatic N) is 4. The molecule has 3 aromatic rings. The van der Waals surface area contributed by atoms with Crippen molar-refractivity contribution in [2.45, 2.75) is 38.5 Å². The number of methoxy groups -OCH3 is 1. The molecule has 1 N–H and O–H groups in total. The molecule has 0 radical (unpaired) electrons. The van der Waals surface area contributed by atoms with E-state index >= 15 is 0 Å². The molecule has 42 heavy (non-hydrogen) atoms. The van der Waals surface area contributed by atoms with Crippen molar-refractivity contribution in [3.8, 4) is 11.5 Å². The van der Waals surface area contributed by atoms with Crippen LogP contribution in [0.3, 0.4) is 0 Å². The van der Waals surface area contributed by atoms with Gasteiger partial charge in [-0.2, -0.15) is 0 Å². The van der Waals surface area contributed by atoms with Crippen molar-refractivity contribution in [1.29, 1.82) is 0 Å². The fourth-order valence-electron chi connectivity index (χ4n) is 6.15. The van der Waals surface area contributed by atoms with Crippen LogP contribution in [0.4, 0.5) is 0 Å². The lowest BCUT2D eigenvalue weighted by molar-refractivity contribution is -0.125. The second-order valence-corrected chi connectivity index (χ2v) is 11.1. The van der Waals surface area contributed by atoms with Gasteiger partial charge in [0.05, 0.1) is 25.1 Å². The monoisotopic (exact) mass is 573 g/mol. The van der Waals surface area contributed by atoms with Crippen molar-refractivity contribution in [1.82, 2.24) is 25.3 Å². The van der Waals surface area contributed by atoms with Crippen LogP contribution in [-0.4, -0.2) is 84.1 Å². The first-order valence-electron chi connectivity index (χ1n) is 14.5. The Kier molecular flexibility index (Phi) is 7.82. The average Bonchev–Trinajstić information content (AvgIpc) is 3.66. The summed E-state index contributed by atoms with van der Waals surface area (Å²) in [5, 5.41) is 6.90. The fraction of sp³-hybridized carbons (Fsp3) is 0.452. The Morgan fingerprint density at radius 1 is 1.02 bits per heavy atom. The van der Waals surface area contributed by atoms with Crippen molar-refractivity contribution >= 4 is 17.7 Å². The summed E-state index contributed by atoms with van der Waals surface area (Å²) in [6, 6.07) is 9.15. The summed E-state index contributed by atoms with van der Waals surface area (Å²) >= 11 is 0. The van der Waals surface area contributed by atoms with Crippen molar-refractivity contribution in [3.63, 3.8) is 0 Å². The Hall–Kier alpha value is -4.41. The molecule has 1 aliphatic carbocycles. The number of nitrogens with one attached hydrogen (secondary N) is 1. The van der Waals surface area contributed by atoms with E-state index in [1.165, 1.54) is 0 Å². The number of carbonyl (C=O) groups excluding carboxylic acids is 3. The fourth-order valence-corrected chi connectivity index (χ4v) is 6.15. The molecule has 220 valence electrons. The lowest BCUT2D eigenvalue weighted by Gasteiger charge is -2.24. The molecule has 1 saturated heterocycles. The molecule has 3 aliphatic rings. The van der Waals surface area contributed by atoms with Gasteiger partial charge in [-0.15, -0.1) is 0 Å². The Morgan fingerprint density at radius 2 is 1.86 bits per heavy atom. The molecule has 2 aliphatic heterocycles. The van der Waals surface area contributed by atoms with Crippen molar-refractivity contribution < 1.29 is 28.4 Å². The molecular formula is C31H35N5O6. The zero-order valence-corrected chi connectivity index (χ0v) is 23.9. The summed E-state index contributed by atoms with van der Waals surface area (Å²) in [7, 11) is 1.57. The quantitative estimate of drug-likeness (QED) is 0.507. The van der Waals surface area contributed by atoms with Crippen molar-refractivity contribution in [3.05, 3.63) is 70.4 Å². The average molecular weight is 574 g/mol. The van der Waals surface area contributed by atoms with Crippen LogP contribution in [0.5, 0.6) is 11.5 Å². The highest BCUT2D eigenvalue weighted by Crippen LogP contribution is 2.38. The first-order valence-corrected chi connectivity index (χ1v) is 14.5. The van der Waals surface area contributed by atoms with Crippen LogP contribution in [0, 0.1) is 12.8 Å². The second-order valence-electron chi connectivity index (χ2n) is 11.1. The van der Waals surface area contributed by atoms with E-state index < -0.39 is 5.92 Å². The number of carbonyl (C=O) groups is 3. The maximum atomic E-state index is 13.6. The lowest BCUT2D eigenvalue weighted by Crippen LogP contribution is -2.43. The Labute approximate surface area is 244 Å². The maximum absolute atomic E-state index is 13.6. The number of benzene rings is 1. The summed E-state index contributed by atoms with van der Waals surface area (Å²) < 4.78 is 16.8. The summed E-state index contributed by atoms with van der Waals surface area (Å²) in [5.74, 6) is 0.236. The number of hydrogen-bond acceptors (Lipinski definition) is 8. The summed E-state index contributed by atoms with van der Waals surface area (Å²) in [6.07, 6.45) is 5.74.